The van der Waals surface area contributed by atoms with Crippen LogP contribution in [0, 0.1) is 6.92 Å². The molecule has 0 saturated carbocycles. The zero-order chi connectivity index (χ0) is 26.6. The highest BCUT2D eigenvalue weighted by atomic mass is 32.2. The molecule has 1 N–H and O–H groups in total. The molecule has 0 aliphatic carbocycles. The van der Waals surface area contributed by atoms with Gasteiger partial charge < -0.3 is 14.6 Å². The number of ether oxygens (including phenoxy) is 1. The van der Waals surface area contributed by atoms with E-state index < -0.39 is 21.7 Å². The van der Waals surface area contributed by atoms with Gasteiger partial charge in [-0.3, -0.25) is 14.6 Å². The first kappa shape index (κ1) is 23.7. The van der Waals surface area contributed by atoms with Gasteiger partial charge in [-0.05, 0) is 43.3 Å². The van der Waals surface area contributed by atoms with Gasteiger partial charge in [-0.15, -0.1) is 0 Å². The number of nitrogens with zero attached hydrogens (tertiary/aromatic N) is 3. The SMILES string of the molecule is Cc1ccc(S(=O)(=O)n2ccc3c(-c4cccc5c4OC(c4ccccn4)C(=O)N5)cn(C)c(=O)c32)cc1. The summed E-state index contributed by atoms with van der Waals surface area (Å²) in [4.78, 5) is 30.4. The van der Waals surface area contributed by atoms with E-state index >= 15 is 0 Å². The maximum atomic E-state index is 13.5. The number of carbonyl (C=O) groups excluding carboxylic acids is 1. The van der Waals surface area contributed by atoms with Gasteiger partial charge >= 0.3 is 0 Å². The van der Waals surface area contributed by atoms with Gasteiger partial charge in [0.25, 0.3) is 21.5 Å². The minimum Gasteiger partial charge on any atom is -0.471 e. The summed E-state index contributed by atoms with van der Waals surface area (Å²) < 4.78 is 35.6. The molecule has 5 aromatic rings. The summed E-state index contributed by atoms with van der Waals surface area (Å²) >= 11 is 0. The molecule has 3 aromatic heterocycles. The summed E-state index contributed by atoms with van der Waals surface area (Å²) in [6, 6.07) is 18.6. The standard InChI is InChI=1S/C28H22N4O5S/c1-17-9-11-18(12-10-17)38(35,36)32-15-13-19-21(16-31(2)28(34)24(19)32)20-6-5-8-23-25(20)37-26(27(33)30-23)22-7-3-4-14-29-22/h3-16,26H,1-2H3,(H,30,33). The molecule has 1 unspecified atom stereocenters. The van der Waals surface area contributed by atoms with Crippen LogP contribution in [0.5, 0.6) is 5.75 Å². The molecule has 2 aromatic carbocycles. The molecule has 0 radical (unpaired) electrons. The fourth-order valence-corrected chi connectivity index (χ4v) is 5.98. The topological polar surface area (TPSA) is 112 Å². The van der Waals surface area contributed by atoms with Crippen LogP contribution in [0.1, 0.15) is 17.4 Å². The van der Waals surface area contributed by atoms with E-state index in [0.29, 0.717) is 33.6 Å². The zero-order valence-electron chi connectivity index (χ0n) is 20.5. The van der Waals surface area contributed by atoms with Crippen LogP contribution in [-0.2, 0) is 21.9 Å². The molecule has 0 saturated heterocycles. The first-order chi connectivity index (χ1) is 18.3. The lowest BCUT2D eigenvalue weighted by Crippen LogP contribution is -2.31. The Labute approximate surface area is 218 Å². The van der Waals surface area contributed by atoms with Gasteiger partial charge in [0.2, 0.25) is 6.10 Å². The Bertz CT molecular complexity index is 1890. The lowest BCUT2D eigenvalue weighted by atomic mass is 10.0. The molecule has 190 valence electrons. The smallest absolute Gasteiger partial charge is 0.275 e. The van der Waals surface area contributed by atoms with E-state index in [0.717, 1.165) is 9.54 Å². The number of hydrogen-bond donors (Lipinski definition) is 1. The Kier molecular flexibility index (Phi) is 5.42. The van der Waals surface area contributed by atoms with Crippen molar-refractivity contribution >= 4 is 32.5 Å². The van der Waals surface area contributed by atoms with Crippen molar-refractivity contribution in [2.45, 2.75) is 17.9 Å². The van der Waals surface area contributed by atoms with Crippen molar-refractivity contribution in [3.05, 3.63) is 107 Å². The van der Waals surface area contributed by atoms with E-state index in [2.05, 4.69) is 10.3 Å². The van der Waals surface area contributed by atoms with Crippen LogP contribution in [0.4, 0.5) is 5.69 Å². The van der Waals surface area contributed by atoms with Crippen molar-refractivity contribution in [1.29, 1.82) is 0 Å². The molecule has 38 heavy (non-hydrogen) atoms. The van der Waals surface area contributed by atoms with Crippen LogP contribution < -0.4 is 15.6 Å². The van der Waals surface area contributed by atoms with Crippen molar-refractivity contribution in [3.63, 3.8) is 0 Å². The monoisotopic (exact) mass is 526 g/mol. The molecule has 1 amide bonds. The number of benzene rings is 2. The minimum absolute atomic E-state index is 0.0179. The largest absolute Gasteiger partial charge is 0.471 e. The molecule has 9 nitrogen and oxygen atoms in total. The van der Waals surface area contributed by atoms with Gasteiger partial charge in [0.15, 0.2) is 5.75 Å². The molecule has 1 aliphatic rings. The van der Waals surface area contributed by atoms with Crippen LogP contribution in [0.3, 0.4) is 0 Å². The van der Waals surface area contributed by atoms with Gasteiger partial charge in [0.1, 0.15) is 5.52 Å². The van der Waals surface area contributed by atoms with Crippen LogP contribution in [-0.4, -0.2) is 27.8 Å². The summed E-state index contributed by atoms with van der Waals surface area (Å²) in [6.45, 7) is 1.87. The van der Waals surface area contributed by atoms with Gasteiger partial charge in [-0.25, -0.2) is 12.4 Å². The number of aromatic nitrogens is 3. The fourth-order valence-electron chi connectivity index (χ4n) is 4.64. The van der Waals surface area contributed by atoms with E-state index in [1.807, 2.05) is 6.92 Å². The van der Waals surface area contributed by atoms with E-state index in [1.165, 1.54) is 22.9 Å². The van der Waals surface area contributed by atoms with Crippen LogP contribution in [0.2, 0.25) is 0 Å². The Morgan fingerprint density at radius 1 is 0.947 bits per heavy atom. The number of carbonyl (C=O) groups is 1. The van der Waals surface area contributed by atoms with Gasteiger partial charge in [-0.1, -0.05) is 35.9 Å². The second-order valence-corrected chi connectivity index (χ2v) is 10.9. The predicted molar refractivity (Wildman–Crippen MR) is 143 cm³/mol. The number of hydrogen-bond acceptors (Lipinski definition) is 6. The summed E-state index contributed by atoms with van der Waals surface area (Å²) in [5, 5.41) is 3.31. The third kappa shape index (κ3) is 3.69. The maximum Gasteiger partial charge on any atom is 0.275 e. The normalized spacial score (nSPS) is 15.1. The first-order valence-electron chi connectivity index (χ1n) is 11.8. The van der Waals surface area contributed by atoms with Crippen molar-refractivity contribution in [2.24, 2.45) is 7.05 Å². The Morgan fingerprint density at radius 3 is 2.47 bits per heavy atom. The van der Waals surface area contributed by atoms with Crippen LogP contribution >= 0.6 is 0 Å². The summed E-state index contributed by atoms with van der Waals surface area (Å²) in [5.41, 5.74) is 2.56. The molecule has 1 atom stereocenters. The number of anilines is 1. The third-order valence-electron chi connectivity index (χ3n) is 6.56. The molecule has 6 rings (SSSR count). The third-order valence-corrected chi connectivity index (χ3v) is 8.25. The van der Waals surface area contributed by atoms with Gasteiger partial charge in [0, 0.05) is 42.2 Å². The number of pyridine rings is 2. The number of aryl methyl sites for hydroxylation is 2. The van der Waals surface area contributed by atoms with Crippen LogP contribution in [0.25, 0.3) is 22.0 Å². The Hall–Kier alpha value is -4.70. The van der Waals surface area contributed by atoms with E-state index in [1.54, 1.807) is 74.0 Å². The summed E-state index contributed by atoms with van der Waals surface area (Å²) in [7, 11) is -2.47. The number of fused-ring (bicyclic) bond motifs is 2. The minimum atomic E-state index is -4.04. The van der Waals surface area contributed by atoms with Gasteiger partial charge in [0.05, 0.1) is 16.3 Å². The fraction of sp³-hybridized carbons (Fsp3) is 0.107. The lowest BCUT2D eigenvalue weighted by Gasteiger charge is -2.27. The Balaban J connectivity index is 1.55. The lowest BCUT2D eigenvalue weighted by molar-refractivity contribution is -0.123. The van der Waals surface area contributed by atoms with E-state index in [-0.39, 0.29) is 16.3 Å². The summed E-state index contributed by atoms with van der Waals surface area (Å²) in [6.07, 6.45) is 3.64. The van der Waals surface area contributed by atoms with Crippen molar-refractivity contribution < 1.29 is 17.9 Å². The number of amides is 1. The molecular formula is C28H22N4O5S. The molecule has 0 bridgehead atoms. The maximum absolute atomic E-state index is 13.5. The predicted octanol–water partition coefficient (Wildman–Crippen LogP) is 4.02. The summed E-state index contributed by atoms with van der Waals surface area (Å²) in [5.74, 6) is 0.0474. The van der Waals surface area contributed by atoms with Gasteiger partial charge in [-0.2, -0.15) is 0 Å². The van der Waals surface area contributed by atoms with E-state index in [9.17, 15) is 18.0 Å². The quantitative estimate of drug-likeness (QED) is 0.379. The average Bonchev–Trinajstić information content (AvgIpc) is 3.37. The highest BCUT2D eigenvalue weighted by molar-refractivity contribution is 7.90. The zero-order valence-corrected chi connectivity index (χ0v) is 21.3. The number of nitrogens with one attached hydrogen (secondary N) is 1. The Morgan fingerprint density at radius 2 is 1.74 bits per heavy atom. The second-order valence-electron chi connectivity index (χ2n) is 9.07. The second kappa shape index (κ2) is 8.70. The molecule has 4 heterocycles. The highest BCUT2D eigenvalue weighted by Gasteiger charge is 2.32. The molecule has 1 aliphatic heterocycles. The van der Waals surface area contributed by atoms with Crippen molar-refractivity contribution in [3.8, 4) is 16.9 Å². The molecule has 0 fully saturated rings. The molecule has 0 spiro atoms. The highest BCUT2D eigenvalue weighted by Crippen LogP contribution is 2.44. The number of para-hydroxylation sites is 1. The van der Waals surface area contributed by atoms with E-state index in [4.69, 9.17) is 4.74 Å². The first-order valence-corrected chi connectivity index (χ1v) is 13.2. The van der Waals surface area contributed by atoms with Crippen LogP contribution in [0.15, 0.2) is 95.0 Å². The number of rotatable bonds is 4. The molecule has 10 heteroatoms. The average molecular weight is 527 g/mol. The van der Waals surface area contributed by atoms with Crippen molar-refractivity contribution in [2.75, 3.05) is 5.32 Å². The van der Waals surface area contributed by atoms with Crippen molar-refractivity contribution in [1.82, 2.24) is 13.5 Å². The molecular weight excluding hydrogens is 504 g/mol.